The first-order chi connectivity index (χ1) is 29.5. The summed E-state index contributed by atoms with van der Waals surface area (Å²) < 4.78 is 65.5. The van der Waals surface area contributed by atoms with Gasteiger partial charge in [-0.2, -0.15) is 0 Å². The number of esters is 9. The Morgan fingerprint density at radius 3 is 0.603 bits per heavy atom. The third-order valence-corrected chi connectivity index (χ3v) is 6.80. The lowest BCUT2D eigenvalue weighted by Gasteiger charge is -2.20. The van der Waals surface area contributed by atoms with Crippen LogP contribution in [0.5, 0.6) is 86.2 Å². The van der Waals surface area contributed by atoms with Crippen molar-refractivity contribution >= 4 is 53.7 Å². The highest BCUT2D eigenvalue weighted by atomic mass is 16.6. The van der Waals surface area contributed by atoms with E-state index >= 15 is 0 Å². The van der Waals surface area contributed by atoms with E-state index in [1.54, 1.807) is 0 Å². The first-order valence-electron chi connectivity index (χ1n) is 17.9. The van der Waals surface area contributed by atoms with Gasteiger partial charge in [-0.15, -0.1) is 0 Å². The zero-order chi connectivity index (χ0) is 46.7. The lowest BCUT2D eigenvalue weighted by atomic mass is 10.2. The molecule has 330 valence electrons. The zero-order valence-corrected chi connectivity index (χ0v) is 34.8. The molecule has 0 heterocycles. The zero-order valence-electron chi connectivity index (χ0n) is 34.8. The van der Waals surface area contributed by atoms with Gasteiger partial charge in [-0.25, -0.2) is 0 Å². The monoisotopic (exact) mass is 876 g/mol. The molecule has 21 nitrogen and oxygen atoms in total. The van der Waals surface area contributed by atoms with Crippen LogP contribution in [0.4, 0.5) is 0 Å². The molecule has 0 aliphatic rings. The Bertz CT molecular complexity index is 2420. The second kappa shape index (κ2) is 20.7. The highest BCUT2D eigenvalue weighted by Gasteiger charge is 2.26. The molecule has 0 unspecified atom stereocenters. The summed E-state index contributed by atoms with van der Waals surface area (Å²) in [6, 6.07) is 9.99. The molecule has 0 bridgehead atoms. The molecule has 63 heavy (non-hydrogen) atoms. The summed E-state index contributed by atoms with van der Waals surface area (Å²) in [5.74, 6) is -13.0. The first-order valence-corrected chi connectivity index (χ1v) is 17.9. The fourth-order valence-corrected chi connectivity index (χ4v) is 5.09. The molecule has 0 aliphatic carbocycles. The van der Waals surface area contributed by atoms with Gasteiger partial charge in [0.15, 0.2) is 34.5 Å². The topological polar surface area (TPSA) is 264 Å². The third-order valence-electron chi connectivity index (χ3n) is 6.80. The van der Waals surface area contributed by atoms with Crippen LogP contribution >= 0.6 is 0 Å². The van der Waals surface area contributed by atoms with Crippen LogP contribution in [0.25, 0.3) is 0 Å². The first kappa shape index (κ1) is 47.2. The predicted octanol–water partition coefficient (Wildman–Crippen LogP) is 6.39. The van der Waals surface area contributed by atoms with Gasteiger partial charge >= 0.3 is 53.7 Å². The van der Waals surface area contributed by atoms with Crippen LogP contribution in [0.15, 0.2) is 54.6 Å². The highest BCUT2D eigenvalue weighted by Crippen LogP contribution is 2.50. The minimum atomic E-state index is -0.927. The average Bonchev–Trinajstić information content (AvgIpc) is 3.10. The fourth-order valence-electron chi connectivity index (χ4n) is 5.09. The van der Waals surface area contributed by atoms with Crippen LogP contribution in [0.2, 0.25) is 0 Å². The second-order valence-electron chi connectivity index (χ2n) is 12.5. The Hall–Kier alpha value is -8.49. The van der Waals surface area contributed by atoms with E-state index < -0.39 is 105 Å². The molecule has 0 saturated carbocycles. The van der Waals surface area contributed by atoms with Gasteiger partial charge in [0.25, 0.3) is 0 Å². The third kappa shape index (κ3) is 14.3. The Balaban J connectivity index is 1.94. The summed E-state index contributed by atoms with van der Waals surface area (Å²) in [4.78, 5) is 109. The molecule has 21 heteroatoms. The summed E-state index contributed by atoms with van der Waals surface area (Å²) in [5, 5.41) is 0. The molecule has 4 rings (SSSR count). The van der Waals surface area contributed by atoms with Crippen LogP contribution in [-0.4, -0.2) is 53.7 Å². The number of benzene rings is 4. The van der Waals surface area contributed by atoms with Crippen molar-refractivity contribution < 1.29 is 100.0 Å². The van der Waals surface area contributed by atoms with Crippen molar-refractivity contribution in [2.45, 2.75) is 62.3 Å². The molecule has 0 N–H and O–H groups in total. The van der Waals surface area contributed by atoms with Crippen LogP contribution in [-0.2, 0) is 43.2 Å². The molecule has 0 amide bonds. The molecular weight excluding hydrogens is 840 g/mol. The van der Waals surface area contributed by atoms with Crippen molar-refractivity contribution in [3.63, 3.8) is 0 Å². The van der Waals surface area contributed by atoms with Gasteiger partial charge in [-0.1, -0.05) is 0 Å². The maximum absolute atomic E-state index is 12.5. The number of carbonyl (C=O) groups is 9. The van der Waals surface area contributed by atoms with E-state index in [1.165, 1.54) is 18.2 Å². The number of rotatable bonds is 15. The molecule has 0 aromatic heterocycles. The molecule has 0 atom stereocenters. The molecule has 0 aliphatic heterocycles. The quantitative estimate of drug-likeness (QED) is 0.0924. The van der Waals surface area contributed by atoms with E-state index in [0.717, 1.165) is 98.7 Å². The largest absolute Gasteiger partial charge is 0.449 e. The molecule has 0 radical (unpaired) electrons. The summed E-state index contributed by atoms with van der Waals surface area (Å²) in [6.45, 7) is 9.51. The van der Waals surface area contributed by atoms with Crippen LogP contribution in [0.3, 0.4) is 0 Å². The van der Waals surface area contributed by atoms with Gasteiger partial charge < -0.3 is 56.8 Å². The standard InChI is InChI=1S/C42H36O21/c1-19(43)52-28-10-29(61-40-34(55-22(4)46)13-31(53-20(2)44)14-35(40)56-23(5)47)12-30(11-28)62-41-38(59-26(8)50)17-33(18-39(41)60-27(9)51)63-42-36(57-24(6)48)15-32(54-21(3)45)16-37(42)58-25(7)49/h10-18H,1-9H3. The second-order valence-corrected chi connectivity index (χ2v) is 12.5. The average molecular weight is 877 g/mol. The SMILES string of the molecule is CC(=O)Oc1cc(Oc2c(OC(C)=O)cc(OC(C)=O)cc2OC(C)=O)cc(Oc2c(OC(C)=O)cc(Oc3c(OC(C)=O)cc(OC(C)=O)cc3OC(C)=O)cc2OC(C)=O)c1. The summed E-state index contributed by atoms with van der Waals surface area (Å²) >= 11 is 0. The van der Waals surface area contributed by atoms with Gasteiger partial charge in [0.1, 0.15) is 34.5 Å². The van der Waals surface area contributed by atoms with Crippen molar-refractivity contribution in [2.75, 3.05) is 0 Å². The van der Waals surface area contributed by atoms with Crippen LogP contribution in [0.1, 0.15) is 62.3 Å². The van der Waals surface area contributed by atoms with Gasteiger partial charge in [-0.3, -0.25) is 43.2 Å². The van der Waals surface area contributed by atoms with Crippen molar-refractivity contribution in [3.8, 4) is 86.2 Å². The fraction of sp³-hybridized carbons (Fsp3) is 0.214. The highest BCUT2D eigenvalue weighted by molar-refractivity contribution is 5.79. The molecule has 0 spiro atoms. The lowest BCUT2D eigenvalue weighted by Crippen LogP contribution is -2.09. The summed E-state index contributed by atoms with van der Waals surface area (Å²) in [6.07, 6.45) is 0. The maximum Gasteiger partial charge on any atom is 0.308 e. The van der Waals surface area contributed by atoms with Crippen molar-refractivity contribution in [3.05, 3.63) is 54.6 Å². The van der Waals surface area contributed by atoms with Crippen LogP contribution in [0, 0.1) is 0 Å². The Labute approximate surface area is 356 Å². The molecular formula is C42H36O21. The minimum absolute atomic E-state index is 0.201. The predicted molar refractivity (Wildman–Crippen MR) is 208 cm³/mol. The Morgan fingerprint density at radius 2 is 0.397 bits per heavy atom. The molecule has 4 aromatic rings. The van der Waals surface area contributed by atoms with E-state index in [-0.39, 0.29) is 34.5 Å². The lowest BCUT2D eigenvalue weighted by molar-refractivity contribution is -0.133. The van der Waals surface area contributed by atoms with E-state index in [1.807, 2.05) is 0 Å². The normalized spacial score (nSPS) is 10.2. The minimum Gasteiger partial charge on any atom is -0.449 e. The number of hydrogen-bond acceptors (Lipinski definition) is 21. The van der Waals surface area contributed by atoms with E-state index in [9.17, 15) is 43.2 Å². The van der Waals surface area contributed by atoms with E-state index in [0.29, 0.717) is 0 Å². The van der Waals surface area contributed by atoms with Crippen molar-refractivity contribution in [1.29, 1.82) is 0 Å². The Kier molecular flexibility index (Phi) is 15.5. The van der Waals surface area contributed by atoms with E-state index in [2.05, 4.69) is 0 Å². The maximum atomic E-state index is 12.5. The smallest absolute Gasteiger partial charge is 0.308 e. The van der Waals surface area contributed by atoms with Gasteiger partial charge in [0.05, 0.1) is 0 Å². The van der Waals surface area contributed by atoms with Crippen molar-refractivity contribution in [1.82, 2.24) is 0 Å². The number of carbonyl (C=O) groups excluding carboxylic acids is 9. The van der Waals surface area contributed by atoms with Crippen LogP contribution < -0.4 is 56.8 Å². The Morgan fingerprint density at radius 1 is 0.238 bits per heavy atom. The molecule has 0 saturated heterocycles. The van der Waals surface area contributed by atoms with Gasteiger partial charge in [-0.05, 0) is 0 Å². The van der Waals surface area contributed by atoms with Gasteiger partial charge in [0.2, 0.25) is 17.2 Å². The van der Waals surface area contributed by atoms with Gasteiger partial charge in [0, 0.05) is 117 Å². The number of hydrogen-bond donors (Lipinski definition) is 0. The van der Waals surface area contributed by atoms with E-state index in [4.69, 9.17) is 56.8 Å². The molecule has 4 aromatic carbocycles. The summed E-state index contributed by atoms with van der Waals surface area (Å²) in [7, 11) is 0. The number of ether oxygens (including phenoxy) is 12. The summed E-state index contributed by atoms with van der Waals surface area (Å²) in [5.41, 5.74) is 0. The molecule has 0 fully saturated rings. The van der Waals surface area contributed by atoms with Crippen molar-refractivity contribution in [2.24, 2.45) is 0 Å².